The summed E-state index contributed by atoms with van der Waals surface area (Å²) in [6.45, 7) is 0. The zero-order chi connectivity index (χ0) is 29.0. The predicted octanol–water partition coefficient (Wildman–Crippen LogP) is 10.1. The van der Waals surface area contributed by atoms with Gasteiger partial charge in [-0.05, 0) is 64.1 Å². The van der Waals surface area contributed by atoms with Crippen molar-refractivity contribution in [2.75, 3.05) is 0 Å². The van der Waals surface area contributed by atoms with Crippen LogP contribution in [0, 0.1) is 0 Å². The summed E-state index contributed by atoms with van der Waals surface area (Å²) in [5, 5.41) is 2.39. The molecular formula is C41H27N3. The van der Waals surface area contributed by atoms with E-state index >= 15 is 0 Å². The van der Waals surface area contributed by atoms with Crippen molar-refractivity contribution < 1.29 is 0 Å². The molecule has 0 bridgehead atoms. The molecule has 2 aromatic heterocycles. The Labute approximate surface area is 255 Å². The first kappa shape index (κ1) is 24.8. The van der Waals surface area contributed by atoms with Gasteiger partial charge in [0.1, 0.15) is 0 Å². The summed E-state index contributed by atoms with van der Waals surface area (Å²) in [7, 11) is 0. The molecule has 206 valence electrons. The third-order valence-electron chi connectivity index (χ3n) is 8.89. The Morgan fingerprint density at radius 3 is 1.82 bits per heavy atom. The number of para-hydroxylation sites is 1. The van der Waals surface area contributed by atoms with Gasteiger partial charge in [0.25, 0.3) is 0 Å². The first-order chi connectivity index (χ1) is 21.8. The van der Waals surface area contributed by atoms with E-state index in [0.717, 1.165) is 40.0 Å². The maximum atomic E-state index is 5.17. The largest absolute Gasteiger partial charge is 0.278 e. The molecule has 0 spiro atoms. The third kappa shape index (κ3) is 3.90. The summed E-state index contributed by atoms with van der Waals surface area (Å²) in [4.78, 5) is 10.3. The Morgan fingerprint density at radius 2 is 1.05 bits per heavy atom. The standard InChI is InChI=1S/C41H27N3/c1-3-12-27(13-4-1)37-26-38(28-14-5-2-6-15-28)43-41(42-37)44-39-21-10-9-18-34(39)36-25-30(22-23-40(36)44)32-19-11-20-33-31-17-8-7-16-29(31)24-35(32)33/h1-23,25-26H,24H2. The van der Waals surface area contributed by atoms with Crippen LogP contribution in [0.4, 0.5) is 0 Å². The van der Waals surface area contributed by atoms with Gasteiger partial charge in [0.15, 0.2) is 0 Å². The molecule has 44 heavy (non-hydrogen) atoms. The first-order valence-corrected chi connectivity index (χ1v) is 15.1. The highest BCUT2D eigenvalue weighted by molar-refractivity contribution is 6.10. The van der Waals surface area contributed by atoms with Crippen LogP contribution in [0.3, 0.4) is 0 Å². The Kier molecular flexibility index (Phi) is 5.57. The summed E-state index contributed by atoms with van der Waals surface area (Å²) < 4.78 is 2.22. The van der Waals surface area contributed by atoms with E-state index in [1.165, 1.54) is 44.2 Å². The molecule has 0 fully saturated rings. The summed E-state index contributed by atoms with van der Waals surface area (Å²) in [5.74, 6) is 0.667. The van der Waals surface area contributed by atoms with Gasteiger partial charge in [-0.3, -0.25) is 4.57 Å². The lowest BCUT2D eigenvalue weighted by Crippen LogP contribution is -2.04. The molecule has 0 amide bonds. The van der Waals surface area contributed by atoms with Gasteiger partial charge < -0.3 is 0 Å². The molecule has 1 aliphatic rings. The van der Waals surface area contributed by atoms with Gasteiger partial charge in [-0.15, -0.1) is 0 Å². The number of nitrogens with zero attached hydrogens (tertiary/aromatic N) is 3. The smallest absolute Gasteiger partial charge is 0.235 e. The van der Waals surface area contributed by atoms with E-state index in [1.807, 2.05) is 12.1 Å². The van der Waals surface area contributed by atoms with Crippen LogP contribution < -0.4 is 0 Å². The molecule has 0 N–H and O–H groups in total. The quantitative estimate of drug-likeness (QED) is 0.214. The van der Waals surface area contributed by atoms with Crippen LogP contribution in [0.25, 0.3) is 72.5 Å². The van der Waals surface area contributed by atoms with Crippen LogP contribution in [-0.2, 0) is 6.42 Å². The van der Waals surface area contributed by atoms with Crippen LogP contribution >= 0.6 is 0 Å². The first-order valence-electron chi connectivity index (χ1n) is 15.1. The molecule has 3 heteroatoms. The van der Waals surface area contributed by atoms with Gasteiger partial charge in [0.05, 0.1) is 22.4 Å². The van der Waals surface area contributed by atoms with E-state index in [1.54, 1.807) is 0 Å². The lowest BCUT2D eigenvalue weighted by molar-refractivity contribution is 0.995. The number of rotatable bonds is 4. The van der Waals surface area contributed by atoms with E-state index in [-0.39, 0.29) is 0 Å². The number of benzene rings is 6. The lowest BCUT2D eigenvalue weighted by Gasteiger charge is -2.12. The van der Waals surface area contributed by atoms with Gasteiger partial charge in [-0.2, -0.15) is 0 Å². The fourth-order valence-corrected chi connectivity index (χ4v) is 6.83. The monoisotopic (exact) mass is 561 g/mol. The molecule has 0 saturated heterocycles. The van der Waals surface area contributed by atoms with Gasteiger partial charge in [0.2, 0.25) is 5.95 Å². The lowest BCUT2D eigenvalue weighted by atomic mass is 9.95. The highest BCUT2D eigenvalue weighted by Crippen LogP contribution is 2.43. The van der Waals surface area contributed by atoms with Gasteiger partial charge >= 0.3 is 0 Å². The maximum Gasteiger partial charge on any atom is 0.235 e. The molecule has 0 saturated carbocycles. The fourth-order valence-electron chi connectivity index (χ4n) is 6.83. The van der Waals surface area contributed by atoms with Crippen molar-refractivity contribution in [3.8, 4) is 50.7 Å². The number of hydrogen-bond donors (Lipinski definition) is 0. The number of hydrogen-bond acceptors (Lipinski definition) is 2. The molecule has 0 aliphatic heterocycles. The second kappa shape index (κ2) is 9.89. The molecular weight excluding hydrogens is 534 g/mol. The SMILES string of the molecule is c1ccc(-c2cc(-c3ccccc3)nc(-n3c4ccccc4c4cc(-c5cccc6c5Cc5ccccc5-6)ccc43)n2)cc1. The minimum Gasteiger partial charge on any atom is -0.278 e. The van der Waals surface area contributed by atoms with E-state index in [9.17, 15) is 0 Å². The average Bonchev–Trinajstić information content (AvgIpc) is 3.64. The van der Waals surface area contributed by atoms with Crippen molar-refractivity contribution >= 4 is 21.8 Å². The number of fused-ring (bicyclic) bond motifs is 6. The van der Waals surface area contributed by atoms with Crippen LogP contribution in [0.15, 0.2) is 152 Å². The summed E-state index contributed by atoms with van der Waals surface area (Å²) >= 11 is 0. The minimum atomic E-state index is 0.667. The topological polar surface area (TPSA) is 30.7 Å². The minimum absolute atomic E-state index is 0.667. The molecule has 0 unspecified atom stereocenters. The van der Waals surface area contributed by atoms with E-state index in [0.29, 0.717) is 5.95 Å². The number of aromatic nitrogens is 3. The fraction of sp³-hybridized carbons (Fsp3) is 0.0244. The van der Waals surface area contributed by atoms with Crippen molar-refractivity contribution in [1.82, 2.24) is 14.5 Å². The van der Waals surface area contributed by atoms with E-state index < -0.39 is 0 Å². The van der Waals surface area contributed by atoms with Crippen molar-refractivity contribution in [2.45, 2.75) is 6.42 Å². The molecule has 9 rings (SSSR count). The van der Waals surface area contributed by atoms with Crippen molar-refractivity contribution in [3.63, 3.8) is 0 Å². The average molecular weight is 562 g/mol. The second-order valence-electron chi connectivity index (χ2n) is 11.4. The van der Waals surface area contributed by atoms with E-state index in [4.69, 9.17) is 9.97 Å². The van der Waals surface area contributed by atoms with Crippen molar-refractivity contribution in [3.05, 3.63) is 163 Å². The van der Waals surface area contributed by atoms with Crippen molar-refractivity contribution in [2.24, 2.45) is 0 Å². The molecule has 1 aliphatic carbocycles. The highest BCUT2D eigenvalue weighted by atomic mass is 15.2. The van der Waals surface area contributed by atoms with Crippen molar-refractivity contribution in [1.29, 1.82) is 0 Å². The molecule has 0 atom stereocenters. The highest BCUT2D eigenvalue weighted by Gasteiger charge is 2.22. The second-order valence-corrected chi connectivity index (χ2v) is 11.4. The van der Waals surface area contributed by atoms with Gasteiger partial charge in [0, 0.05) is 21.9 Å². The van der Waals surface area contributed by atoms with Crippen LogP contribution in [0.1, 0.15) is 11.1 Å². The van der Waals surface area contributed by atoms with Crippen LogP contribution in [0.5, 0.6) is 0 Å². The Bertz CT molecular complexity index is 2290. The van der Waals surface area contributed by atoms with E-state index in [2.05, 4.69) is 144 Å². The molecule has 3 nitrogen and oxygen atoms in total. The van der Waals surface area contributed by atoms with Crippen LogP contribution in [-0.4, -0.2) is 14.5 Å². The summed E-state index contributed by atoms with van der Waals surface area (Å²) in [6, 6.07) is 53.8. The Balaban J connectivity index is 1.27. The Hall–Kier alpha value is -5.80. The Morgan fingerprint density at radius 1 is 0.432 bits per heavy atom. The summed E-state index contributed by atoms with van der Waals surface area (Å²) in [5.41, 5.74) is 14.1. The van der Waals surface area contributed by atoms with Gasteiger partial charge in [-0.1, -0.05) is 127 Å². The summed E-state index contributed by atoms with van der Waals surface area (Å²) in [6.07, 6.45) is 0.962. The molecule has 0 radical (unpaired) electrons. The third-order valence-corrected chi connectivity index (χ3v) is 8.89. The zero-order valence-electron chi connectivity index (χ0n) is 24.0. The van der Waals surface area contributed by atoms with Gasteiger partial charge in [-0.25, -0.2) is 9.97 Å². The normalized spacial score (nSPS) is 12.0. The zero-order valence-corrected chi connectivity index (χ0v) is 24.0. The predicted molar refractivity (Wildman–Crippen MR) is 181 cm³/mol. The molecule has 6 aromatic carbocycles. The maximum absolute atomic E-state index is 5.17. The molecule has 2 heterocycles. The van der Waals surface area contributed by atoms with Crippen LogP contribution in [0.2, 0.25) is 0 Å². The molecule has 8 aromatic rings.